The van der Waals surface area contributed by atoms with Gasteiger partial charge in [-0.1, -0.05) is 35.9 Å². The Balaban J connectivity index is 1.32. The van der Waals surface area contributed by atoms with Crippen molar-refractivity contribution in [3.05, 3.63) is 94.3 Å². The molecular weight excluding hydrogens is 443 g/mol. The second-order valence-electron chi connectivity index (χ2n) is 8.42. The number of carbonyl (C=O) groups is 1. The Bertz CT molecular complexity index is 1090. The number of carbonyl (C=O) groups excluding carboxylic acids is 1. The van der Waals surface area contributed by atoms with E-state index in [9.17, 15) is 14.3 Å². The number of aliphatic hydroxyl groups is 1. The molecule has 4 rings (SSSR count). The summed E-state index contributed by atoms with van der Waals surface area (Å²) in [5.41, 5.74) is 2.78. The Morgan fingerprint density at radius 3 is 2.70 bits per heavy atom. The van der Waals surface area contributed by atoms with E-state index < -0.39 is 12.1 Å². The second kappa shape index (κ2) is 10.4. The number of aromatic nitrogens is 2. The number of halogens is 2. The van der Waals surface area contributed by atoms with Crippen molar-refractivity contribution in [2.75, 3.05) is 7.05 Å². The summed E-state index contributed by atoms with van der Waals surface area (Å²) < 4.78 is 13.8. The Morgan fingerprint density at radius 2 is 2.00 bits per heavy atom. The van der Waals surface area contributed by atoms with Crippen LogP contribution in [0.4, 0.5) is 4.39 Å². The number of pyridine rings is 2. The highest BCUT2D eigenvalue weighted by molar-refractivity contribution is 6.29. The third-order valence-corrected chi connectivity index (χ3v) is 6.25. The minimum Gasteiger partial charge on any atom is -0.387 e. The molecule has 8 heteroatoms. The molecule has 1 amide bonds. The normalized spacial score (nSPS) is 18.8. The minimum absolute atomic E-state index is 0.0413. The van der Waals surface area contributed by atoms with Crippen LogP contribution in [0.5, 0.6) is 0 Å². The van der Waals surface area contributed by atoms with Gasteiger partial charge in [0.05, 0.1) is 12.6 Å². The van der Waals surface area contributed by atoms with Crippen LogP contribution in [0.25, 0.3) is 0 Å². The van der Waals surface area contributed by atoms with Gasteiger partial charge in [0.1, 0.15) is 5.15 Å². The van der Waals surface area contributed by atoms with Crippen LogP contribution in [0.15, 0.2) is 60.9 Å². The van der Waals surface area contributed by atoms with Crippen molar-refractivity contribution < 1.29 is 14.3 Å². The Hall–Kier alpha value is -2.87. The molecule has 2 aromatic heterocycles. The van der Waals surface area contributed by atoms with E-state index in [1.54, 1.807) is 49.6 Å². The van der Waals surface area contributed by atoms with Crippen molar-refractivity contribution in [1.82, 2.24) is 20.2 Å². The van der Waals surface area contributed by atoms with Crippen LogP contribution in [-0.4, -0.2) is 45.0 Å². The van der Waals surface area contributed by atoms with Crippen LogP contribution in [0.1, 0.15) is 46.0 Å². The molecule has 3 heterocycles. The topological polar surface area (TPSA) is 78.4 Å². The second-order valence-corrected chi connectivity index (χ2v) is 8.81. The summed E-state index contributed by atoms with van der Waals surface area (Å²) in [6, 6.07) is 14.4. The fraction of sp³-hybridized carbons (Fsp3) is 0.320. The molecule has 1 aromatic carbocycles. The van der Waals surface area contributed by atoms with Gasteiger partial charge in [-0.15, -0.1) is 0 Å². The van der Waals surface area contributed by atoms with E-state index in [1.165, 1.54) is 11.1 Å². The lowest BCUT2D eigenvalue weighted by molar-refractivity contribution is 0.0783. The molecular formula is C25H26ClFN4O2. The molecule has 1 saturated heterocycles. The van der Waals surface area contributed by atoms with Crippen LogP contribution < -0.4 is 5.32 Å². The number of nitrogens with zero attached hydrogens (tertiary/aromatic N) is 3. The highest BCUT2D eigenvalue weighted by Gasteiger charge is 2.30. The smallest absolute Gasteiger partial charge is 0.253 e. The summed E-state index contributed by atoms with van der Waals surface area (Å²) in [5, 5.41) is 14.6. The summed E-state index contributed by atoms with van der Waals surface area (Å²) in [6.07, 6.45) is 4.96. The van der Waals surface area contributed by atoms with Gasteiger partial charge in [-0.05, 0) is 49.1 Å². The first-order valence-electron chi connectivity index (χ1n) is 10.9. The van der Waals surface area contributed by atoms with Gasteiger partial charge in [0, 0.05) is 48.2 Å². The zero-order chi connectivity index (χ0) is 23.4. The van der Waals surface area contributed by atoms with E-state index in [1.807, 2.05) is 12.1 Å². The molecule has 3 atom stereocenters. The first-order valence-corrected chi connectivity index (χ1v) is 11.3. The molecule has 2 N–H and O–H groups in total. The summed E-state index contributed by atoms with van der Waals surface area (Å²) in [6.45, 7) is 0.152. The standard InChI is InChI=1S/C25H26ClFN4O2/c1-31(15-19-3-2-12-28-24(19)27)25(33)17-6-4-16(5-7-17)13-20-9-10-21(30-20)23(32)18-8-11-22(26)29-14-18/h2-8,11-12,14,20-21,23,30,32H,9-10,13,15H2,1H3/t20-,21+,23?/m0/s1. The number of hydrogen-bond donors (Lipinski definition) is 2. The summed E-state index contributed by atoms with van der Waals surface area (Å²) in [5.74, 6) is -0.740. The predicted octanol–water partition coefficient (Wildman–Crippen LogP) is 3.94. The number of rotatable bonds is 7. The molecule has 1 unspecified atom stereocenters. The van der Waals surface area contributed by atoms with Gasteiger partial charge < -0.3 is 15.3 Å². The quantitative estimate of drug-likeness (QED) is 0.513. The summed E-state index contributed by atoms with van der Waals surface area (Å²) in [4.78, 5) is 21.9. The van der Waals surface area contributed by atoms with Gasteiger partial charge in [0.15, 0.2) is 0 Å². The van der Waals surface area contributed by atoms with Gasteiger partial charge in [-0.25, -0.2) is 9.97 Å². The minimum atomic E-state index is -0.639. The molecule has 0 bridgehead atoms. The molecule has 1 fully saturated rings. The molecule has 0 aliphatic carbocycles. The number of amides is 1. The largest absolute Gasteiger partial charge is 0.387 e. The van der Waals surface area contributed by atoms with E-state index in [0.29, 0.717) is 16.3 Å². The van der Waals surface area contributed by atoms with Crippen molar-refractivity contribution in [2.24, 2.45) is 0 Å². The first-order chi connectivity index (χ1) is 15.9. The maximum atomic E-state index is 13.8. The molecule has 0 spiro atoms. The van der Waals surface area contributed by atoms with Gasteiger partial charge in [-0.3, -0.25) is 4.79 Å². The van der Waals surface area contributed by atoms with Crippen molar-refractivity contribution >= 4 is 17.5 Å². The van der Waals surface area contributed by atoms with E-state index in [-0.39, 0.29) is 24.5 Å². The van der Waals surface area contributed by atoms with Gasteiger partial charge in [0.25, 0.3) is 5.91 Å². The zero-order valence-corrected chi connectivity index (χ0v) is 19.0. The Labute approximate surface area is 197 Å². The van der Waals surface area contributed by atoms with E-state index in [4.69, 9.17) is 11.6 Å². The van der Waals surface area contributed by atoms with Crippen molar-refractivity contribution in [3.63, 3.8) is 0 Å². The van der Waals surface area contributed by atoms with E-state index in [2.05, 4.69) is 15.3 Å². The molecule has 172 valence electrons. The number of nitrogens with one attached hydrogen (secondary N) is 1. The molecule has 6 nitrogen and oxygen atoms in total. The van der Waals surface area contributed by atoms with Crippen molar-refractivity contribution in [2.45, 2.75) is 44.0 Å². The van der Waals surface area contributed by atoms with Crippen molar-refractivity contribution in [3.8, 4) is 0 Å². The lowest BCUT2D eigenvalue weighted by Gasteiger charge is -2.20. The molecule has 1 aliphatic heterocycles. The molecule has 0 saturated carbocycles. The van der Waals surface area contributed by atoms with Crippen molar-refractivity contribution in [1.29, 1.82) is 0 Å². The lowest BCUT2D eigenvalue weighted by atomic mass is 10.0. The Morgan fingerprint density at radius 1 is 1.21 bits per heavy atom. The third-order valence-electron chi connectivity index (χ3n) is 6.02. The highest BCUT2D eigenvalue weighted by Crippen LogP contribution is 2.27. The van der Waals surface area contributed by atoms with Crippen LogP contribution in [0.3, 0.4) is 0 Å². The number of aliphatic hydroxyl groups excluding tert-OH is 1. The first kappa shape index (κ1) is 23.3. The van der Waals surface area contributed by atoms with Crippen LogP contribution in [0, 0.1) is 5.95 Å². The molecule has 33 heavy (non-hydrogen) atoms. The van der Waals surface area contributed by atoms with Gasteiger partial charge >= 0.3 is 0 Å². The fourth-order valence-electron chi connectivity index (χ4n) is 4.21. The van der Waals surface area contributed by atoms with Gasteiger partial charge in [0.2, 0.25) is 5.95 Å². The lowest BCUT2D eigenvalue weighted by Crippen LogP contribution is -2.35. The Kier molecular flexibility index (Phi) is 7.33. The van der Waals surface area contributed by atoms with Crippen LogP contribution in [0.2, 0.25) is 5.15 Å². The fourth-order valence-corrected chi connectivity index (χ4v) is 4.32. The number of benzene rings is 1. The third kappa shape index (κ3) is 5.74. The van der Waals surface area contributed by atoms with Crippen LogP contribution >= 0.6 is 11.6 Å². The molecule has 0 radical (unpaired) electrons. The summed E-state index contributed by atoms with van der Waals surface area (Å²) in [7, 11) is 1.65. The SMILES string of the molecule is CN(Cc1cccnc1F)C(=O)c1ccc(C[C@@H]2CC[C@H](C(O)c3ccc(Cl)nc3)N2)cc1. The maximum Gasteiger partial charge on any atom is 0.253 e. The monoisotopic (exact) mass is 468 g/mol. The number of hydrogen-bond acceptors (Lipinski definition) is 5. The average Bonchev–Trinajstić information content (AvgIpc) is 3.29. The predicted molar refractivity (Wildman–Crippen MR) is 124 cm³/mol. The van der Waals surface area contributed by atoms with Gasteiger partial charge in [-0.2, -0.15) is 4.39 Å². The molecule has 3 aromatic rings. The van der Waals surface area contributed by atoms with E-state index >= 15 is 0 Å². The average molecular weight is 469 g/mol. The van der Waals surface area contributed by atoms with Crippen LogP contribution in [-0.2, 0) is 13.0 Å². The zero-order valence-electron chi connectivity index (χ0n) is 18.3. The highest BCUT2D eigenvalue weighted by atomic mass is 35.5. The molecule has 1 aliphatic rings. The summed E-state index contributed by atoms with van der Waals surface area (Å²) >= 11 is 5.83. The maximum absolute atomic E-state index is 13.8. The van der Waals surface area contributed by atoms with E-state index in [0.717, 1.165) is 30.4 Å².